The summed E-state index contributed by atoms with van der Waals surface area (Å²) in [6.45, 7) is 4.38. The molecule has 78 valence electrons. The number of ether oxygens (including phenoxy) is 2. The molecule has 0 spiro atoms. The van der Waals surface area contributed by atoms with Crippen LogP contribution in [0.15, 0.2) is 0 Å². The molecule has 0 saturated heterocycles. The van der Waals surface area contributed by atoms with Gasteiger partial charge in [0.25, 0.3) is 0 Å². The van der Waals surface area contributed by atoms with Crippen molar-refractivity contribution < 1.29 is 14.6 Å². The number of aliphatic hydroxyl groups excluding tert-OH is 1. The molecule has 0 bridgehead atoms. The lowest BCUT2D eigenvalue weighted by Crippen LogP contribution is -2.37. The van der Waals surface area contributed by atoms with Crippen LogP contribution in [0.4, 0.5) is 0 Å². The van der Waals surface area contributed by atoms with Gasteiger partial charge >= 0.3 is 0 Å². The van der Waals surface area contributed by atoms with Crippen molar-refractivity contribution in [2.24, 2.45) is 11.3 Å². The van der Waals surface area contributed by atoms with Gasteiger partial charge in [0.1, 0.15) is 0 Å². The average Bonchev–Trinajstić information content (AvgIpc) is 2.39. The molecular weight excluding hydrogens is 168 g/mol. The van der Waals surface area contributed by atoms with Crippen LogP contribution in [-0.4, -0.2) is 31.7 Å². The summed E-state index contributed by atoms with van der Waals surface area (Å²) in [6.07, 6.45) is 1.72. The summed E-state index contributed by atoms with van der Waals surface area (Å²) in [5.74, 6) is -0.156. The Balaban J connectivity index is 2.80. The SMILES string of the molecule is COC1(OC)C[C@](C)(CO)C[C@H]1C. The first kappa shape index (κ1) is 11.0. The highest BCUT2D eigenvalue weighted by molar-refractivity contribution is 4.95. The highest BCUT2D eigenvalue weighted by atomic mass is 16.7. The quantitative estimate of drug-likeness (QED) is 0.680. The van der Waals surface area contributed by atoms with E-state index in [1.54, 1.807) is 14.2 Å². The minimum Gasteiger partial charge on any atom is -0.396 e. The van der Waals surface area contributed by atoms with Gasteiger partial charge in [-0.2, -0.15) is 0 Å². The smallest absolute Gasteiger partial charge is 0.170 e. The second-order valence-electron chi connectivity index (χ2n) is 4.47. The maximum atomic E-state index is 9.26. The van der Waals surface area contributed by atoms with E-state index in [1.807, 2.05) is 0 Å². The predicted octanol–water partition coefficient (Wildman–Crippen LogP) is 1.40. The molecule has 1 fully saturated rings. The lowest BCUT2D eigenvalue weighted by atomic mass is 9.89. The van der Waals surface area contributed by atoms with Crippen LogP contribution >= 0.6 is 0 Å². The van der Waals surface area contributed by atoms with Crippen LogP contribution in [0, 0.1) is 11.3 Å². The fourth-order valence-corrected chi connectivity index (χ4v) is 2.49. The number of rotatable bonds is 3. The van der Waals surface area contributed by atoms with E-state index in [9.17, 15) is 5.11 Å². The van der Waals surface area contributed by atoms with Crippen molar-refractivity contribution in [3.8, 4) is 0 Å². The van der Waals surface area contributed by atoms with Crippen molar-refractivity contribution in [3.05, 3.63) is 0 Å². The molecule has 0 heterocycles. The predicted molar refractivity (Wildman–Crippen MR) is 50.3 cm³/mol. The summed E-state index contributed by atoms with van der Waals surface area (Å²) >= 11 is 0. The van der Waals surface area contributed by atoms with Crippen LogP contribution in [0.3, 0.4) is 0 Å². The van der Waals surface area contributed by atoms with Crippen molar-refractivity contribution in [3.63, 3.8) is 0 Å². The first-order valence-corrected chi connectivity index (χ1v) is 4.73. The van der Waals surface area contributed by atoms with Crippen LogP contribution in [0.25, 0.3) is 0 Å². The molecule has 0 unspecified atom stereocenters. The van der Waals surface area contributed by atoms with E-state index in [2.05, 4.69) is 13.8 Å². The van der Waals surface area contributed by atoms with Gasteiger partial charge in [-0.1, -0.05) is 13.8 Å². The third-order valence-electron chi connectivity index (χ3n) is 3.30. The van der Waals surface area contributed by atoms with Crippen LogP contribution in [-0.2, 0) is 9.47 Å². The minimum absolute atomic E-state index is 0.0502. The van der Waals surface area contributed by atoms with Gasteiger partial charge < -0.3 is 14.6 Å². The minimum atomic E-state index is -0.489. The molecule has 0 amide bonds. The maximum absolute atomic E-state index is 9.26. The van der Waals surface area contributed by atoms with Crippen molar-refractivity contribution in [1.82, 2.24) is 0 Å². The van der Waals surface area contributed by atoms with Gasteiger partial charge in [-0.15, -0.1) is 0 Å². The van der Waals surface area contributed by atoms with Gasteiger partial charge in [-0.25, -0.2) is 0 Å². The summed E-state index contributed by atoms with van der Waals surface area (Å²) < 4.78 is 10.8. The van der Waals surface area contributed by atoms with Crippen LogP contribution in [0.1, 0.15) is 26.7 Å². The second-order valence-corrected chi connectivity index (χ2v) is 4.47. The van der Waals surface area contributed by atoms with Crippen LogP contribution in [0.5, 0.6) is 0 Å². The summed E-state index contributed by atoms with van der Waals surface area (Å²) in [4.78, 5) is 0. The van der Waals surface area contributed by atoms with E-state index in [1.165, 1.54) is 0 Å². The van der Waals surface area contributed by atoms with Gasteiger partial charge in [0.05, 0.1) is 0 Å². The lowest BCUT2D eigenvalue weighted by Gasteiger charge is -2.31. The van der Waals surface area contributed by atoms with Gasteiger partial charge in [0.2, 0.25) is 0 Å². The molecule has 1 rings (SSSR count). The zero-order chi connectivity index (χ0) is 10.1. The highest BCUT2D eigenvalue weighted by Gasteiger charge is 2.51. The first-order chi connectivity index (χ1) is 6.02. The zero-order valence-corrected chi connectivity index (χ0v) is 8.96. The monoisotopic (exact) mass is 188 g/mol. The molecule has 3 heteroatoms. The molecule has 0 radical (unpaired) electrons. The van der Waals surface area contributed by atoms with E-state index in [-0.39, 0.29) is 12.0 Å². The van der Waals surface area contributed by atoms with Crippen molar-refractivity contribution in [2.45, 2.75) is 32.5 Å². The number of hydrogen-bond acceptors (Lipinski definition) is 3. The normalized spacial score (nSPS) is 38.1. The summed E-state index contributed by atoms with van der Waals surface area (Å²) in [7, 11) is 3.34. The van der Waals surface area contributed by atoms with Gasteiger partial charge in [0.15, 0.2) is 5.79 Å². The van der Waals surface area contributed by atoms with Crippen molar-refractivity contribution in [2.75, 3.05) is 20.8 Å². The van der Waals surface area contributed by atoms with E-state index in [4.69, 9.17) is 9.47 Å². The standard InChI is InChI=1S/C10H20O3/c1-8-5-9(2,7-11)6-10(8,12-3)13-4/h8,11H,5-7H2,1-4H3/t8-,9-/m1/s1. The van der Waals surface area contributed by atoms with Gasteiger partial charge in [-0.05, 0) is 11.8 Å². The summed E-state index contributed by atoms with van der Waals surface area (Å²) in [5.41, 5.74) is -0.0502. The Bertz CT molecular complexity index is 177. The van der Waals surface area contributed by atoms with Crippen LogP contribution < -0.4 is 0 Å². The maximum Gasteiger partial charge on any atom is 0.170 e. The molecule has 0 aromatic heterocycles. The van der Waals surface area contributed by atoms with E-state index in [0.29, 0.717) is 5.92 Å². The second kappa shape index (κ2) is 3.56. The topological polar surface area (TPSA) is 38.7 Å². The first-order valence-electron chi connectivity index (χ1n) is 4.73. The lowest BCUT2D eigenvalue weighted by molar-refractivity contribution is -0.227. The third kappa shape index (κ3) is 1.73. The largest absolute Gasteiger partial charge is 0.396 e. The average molecular weight is 188 g/mol. The molecule has 3 nitrogen and oxygen atoms in total. The van der Waals surface area contributed by atoms with Crippen molar-refractivity contribution in [1.29, 1.82) is 0 Å². The van der Waals surface area contributed by atoms with Gasteiger partial charge in [-0.3, -0.25) is 0 Å². The Kier molecular flexibility index (Phi) is 3.00. The van der Waals surface area contributed by atoms with E-state index >= 15 is 0 Å². The van der Waals surface area contributed by atoms with Gasteiger partial charge in [0, 0.05) is 33.2 Å². The Morgan fingerprint density at radius 3 is 2.15 bits per heavy atom. The molecule has 13 heavy (non-hydrogen) atoms. The molecule has 2 atom stereocenters. The molecule has 1 N–H and O–H groups in total. The van der Waals surface area contributed by atoms with Crippen molar-refractivity contribution >= 4 is 0 Å². The Morgan fingerprint density at radius 2 is 1.92 bits per heavy atom. The Labute approximate surface area is 80.0 Å². The number of methoxy groups -OCH3 is 2. The molecule has 1 saturated carbocycles. The summed E-state index contributed by atoms with van der Waals surface area (Å²) in [5, 5.41) is 9.26. The number of hydrogen-bond donors (Lipinski definition) is 1. The fourth-order valence-electron chi connectivity index (χ4n) is 2.49. The molecule has 0 aromatic carbocycles. The summed E-state index contributed by atoms with van der Waals surface area (Å²) in [6, 6.07) is 0. The molecule has 1 aliphatic rings. The molecule has 0 aromatic rings. The fraction of sp³-hybridized carbons (Fsp3) is 1.00. The zero-order valence-electron chi connectivity index (χ0n) is 8.96. The molecule has 1 aliphatic carbocycles. The number of aliphatic hydroxyl groups is 1. The van der Waals surface area contributed by atoms with E-state index < -0.39 is 5.79 Å². The highest BCUT2D eigenvalue weighted by Crippen LogP contribution is 2.49. The Morgan fingerprint density at radius 1 is 1.38 bits per heavy atom. The third-order valence-corrected chi connectivity index (χ3v) is 3.30. The van der Waals surface area contributed by atoms with Crippen LogP contribution in [0.2, 0.25) is 0 Å². The Hall–Kier alpha value is -0.120. The molecule has 0 aliphatic heterocycles. The van der Waals surface area contributed by atoms with E-state index in [0.717, 1.165) is 12.8 Å². The molecular formula is C10H20O3.